The number of piperazine rings is 1. The number of phenols is 1. The van der Waals surface area contributed by atoms with Crippen LogP contribution in [0.15, 0.2) is 58.1 Å². The second kappa shape index (κ2) is 18.8. The van der Waals surface area contributed by atoms with Gasteiger partial charge in [0.1, 0.15) is 53.2 Å². The number of aromatic nitrogens is 4. The first-order valence-electron chi connectivity index (χ1n) is 22.9. The molecule has 6 aromatic rings. The number of methoxy groups -OCH3 is 1. The number of halogens is 4. The zero-order valence-electron chi connectivity index (χ0n) is 39.9. The number of nitrogens with zero attached hydrogens (tertiary/aromatic N) is 7. The number of anilines is 2. The van der Waals surface area contributed by atoms with Crippen molar-refractivity contribution in [3.05, 3.63) is 90.9 Å². The van der Waals surface area contributed by atoms with Crippen molar-refractivity contribution in [3.8, 4) is 45.5 Å². The van der Waals surface area contributed by atoms with Crippen molar-refractivity contribution in [2.75, 3.05) is 56.6 Å². The summed E-state index contributed by atoms with van der Waals surface area (Å²) in [5.74, 6) is -0.307. The average Bonchev–Trinajstić information content (AvgIpc) is 3.31. The molecule has 70 heavy (non-hydrogen) atoms. The first-order valence-corrected chi connectivity index (χ1v) is 23.7. The molecule has 2 saturated heterocycles. The molecule has 0 saturated carbocycles. The second-order valence-corrected chi connectivity index (χ2v) is 20.0. The van der Waals surface area contributed by atoms with Crippen molar-refractivity contribution < 1.29 is 42.4 Å². The third-order valence-electron chi connectivity index (χ3n) is 13.1. The number of hydrogen-bond donors (Lipinski definition) is 1. The predicted molar refractivity (Wildman–Crippen MR) is 263 cm³/mol. The minimum Gasteiger partial charge on any atom is -0.507 e. The van der Waals surface area contributed by atoms with Gasteiger partial charge in [0.2, 0.25) is 11.5 Å². The molecule has 2 fully saturated rings. The number of benzene rings is 2. The monoisotopic (exact) mass is 1000 g/mol. The molecule has 0 unspecified atom stereocenters. The Balaban J connectivity index is 0.000000181. The molecule has 1 N–H and O–H groups in total. The van der Waals surface area contributed by atoms with E-state index in [4.69, 9.17) is 46.9 Å². The fraction of sp³-hybridized carbons (Fsp3) is 0.420. The lowest BCUT2D eigenvalue weighted by Crippen LogP contribution is -2.62. The Morgan fingerprint density at radius 2 is 1.34 bits per heavy atom. The molecule has 0 bridgehead atoms. The Morgan fingerprint density at radius 3 is 1.91 bits per heavy atom. The van der Waals surface area contributed by atoms with E-state index in [1.54, 1.807) is 37.2 Å². The molecule has 8 heterocycles. The van der Waals surface area contributed by atoms with Crippen LogP contribution in [-0.4, -0.2) is 106 Å². The Labute approximate surface area is 411 Å². The Bertz CT molecular complexity index is 3180. The molecule has 4 atom stereocenters. The molecule has 0 radical (unpaired) electrons. The summed E-state index contributed by atoms with van der Waals surface area (Å²) in [5.41, 5.74) is 0.809. The van der Waals surface area contributed by atoms with Gasteiger partial charge in [0.05, 0.1) is 56.0 Å². The lowest BCUT2D eigenvalue weighted by atomic mass is 9.92. The number of amides is 1. The van der Waals surface area contributed by atoms with Crippen LogP contribution in [0.3, 0.4) is 0 Å². The topological polar surface area (TPSA) is 163 Å². The highest BCUT2D eigenvalue weighted by Crippen LogP contribution is 2.46. The molecule has 4 aliphatic rings. The van der Waals surface area contributed by atoms with Crippen LogP contribution in [0, 0.1) is 17.6 Å². The number of fused-ring (bicyclic) bond motifs is 10. The normalized spacial score (nSPS) is 19.5. The SMILES string of the molecule is COCOc1cccc(F)c1-c1nc2c(cc1Cl)c1c(c(=O)n2C)OC[C@H]2CN(C(=O)OC(C)(C)C)[C@H](C)CN12.C[C@H]1CC[C@@H]2COc3c(c4cc(Cl)c(-c5c(O)cccc5F)nc4n(C)c3=O)N2C1. The van der Waals surface area contributed by atoms with Crippen molar-refractivity contribution in [2.45, 2.75) is 71.2 Å². The molecule has 16 nitrogen and oxygen atoms in total. The van der Waals surface area contributed by atoms with Gasteiger partial charge in [-0.2, -0.15) is 0 Å². The van der Waals surface area contributed by atoms with Crippen LogP contribution in [0.5, 0.6) is 23.0 Å². The van der Waals surface area contributed by atoms with E-state index >= 15 is 4.39 Å². The van der Waals surface area contributed by atoms with Gasteiger partial charge in [0.15, 0.2) is 6.79 Å². The molecule has 0 spiro atoms. The van der Waals surface area contributed by atoms with E-state index in [1.807, 2.05) is 27.7 Å². The fourth-order valence-electron chi connectivity index (χ4n) is 9.71. The molecule has 0 aliphatic carbocycles. The largest absolute Gasteiger partial charge is 0.507 e. The number of ether oxygens (including phenoxy) is 5. The zero-order valence-corrected chi connectivity index (χ0v) is 41.5. The summed E-state index contributed by atoms with van der Waals surface area (Å²) in [6.07, 6.45) is 1.70. The Hall–Kier alpha value is -6.37. The maximum Gasteiger partial charge on any atom is 0.410 e. The van der Waals surface area contributed by atoms with Gasteiger partial charge in [0.25, 0.3) is 11.1 Å². The van der Waals surface area contributed by atoms with Gasteiger partial charge in [-0.25, -0.2) is 23.5 Å². The number of hydrogen-bond acceptors (Lipinski definition) is 13. The van der Waals surface area contributed by atoms with Crippen molar-refractivity contribution in [2.24, 2.45) is 20.0 Å². The quantitative estimate of drug-likeness (QED) is 0.164. The van der Waals surface area contributed by atoms with E-state index in [2.05, 4.69) is 26.7 Å². The summed E-state index contributed by atoms with van der Waals surface area (Å²) in [7, 11) is 4.64. The Morgan fingerprint density at radius 1 is 0.800 bits per heavy atom. The summed E-state index contributed by atoms with van der Waals surface area (Å²) in [6.45, 7) is 11.8. The molecule has 4 aromatic heterocycles. The number of carbonyl (C=O) groups excluding carboxylic acids is 1. The number of piperidine rings is 1. The molecular weight excluding hydrogens is 951 g/mol. The first-order chi connectivity index (χ1) is 33.3. The number of pyridine rings is 4. The molecule has 370 valence electrons. The molecule has 1 amide bonds. The van der Waals surface area contributed by atoms with E-state index in [9.17, 15) is 23.9 Å². The summed E-state index contributed by atoms with van der Waals surface area (Å²) in [4.78, 5) is 54.6. The van der Waals surface area contributed by atoms with Crippen LogP contribution in [0.1, 0.15) is 47.5 Å². The van der Waals surface area contributed by atoms with E-state index in [-0.39, 0.29) is 92.5 Å². The van der Waals surface area contributed by atoms with E-state index in [1.165, 1.54) is 46.6 Å². The lowest BCUT2D eigenvalue weighted by molar-refractivity contribution is 0.00991. The second-order valence-electron chi connectivity index (χ2n) is 19.2. The van der Waals surface area contributed by atoms with Crippen LogP contribution in [0.2, 0.25) is 10.0 Å². The summed E-state index contributed by atoms with van der Waals surface area (Å²) < 4.78 is 60.4. The van der Waals surface area contributed by atoms with E-state index in [0.717, 1.165) is 19.4 Å². The Kier molecular flexibility index (Phi) is 13.0. The first kappa shape index (κ1) is 48.6. The standard InChI is InChI=1S/C28H32ClFN4O6.C22H21ClFN3O3/c1-15-11-34-16(12-33(15)27(36)40-28(2,3)4)13-38-24-23(34)17-10-18(29)22(31-25(17)32(5)26(24)35)21-19(30)8-7-9-20(21)39-14-37-6;1-11-6-7-12-10-30-20-19(27(12)9-11)13-8-14(23)18(25-21(13)26(2)22(20)29)17-15(24)4-3-5-16(17)28/h7-10,15-16H,11-14H2,1-6H3;3-5,8,11-12,28H,6-7,9-10H2,1-2H3/t15-,16-;11-,12+/m10/s1. The molecule has 10 rings (SSSR count). The van der Waals surface area contributed by atoms with E-state index in [0.29, 0.717) is 64.8 Å². The van der Waals surface area contributed by atoms with Crippen LogP contribution >= 0.6 is 23.2 Å². The minimum atomic E-state index is -0.639. The van der Waals surface area contributed by atoms with Crippen molar-refractivity contribution in [3.63, 3.8) is 0 Å². The lowest BCUT2D eigenvalue weighted by Gasteiger charge is -2.48. The number of aromatic hydroxyl groups is 1. The predicted octanol–water partition coefficient (Wildman–Crippen LogP) is 8.68. The van der Waals surface area contributed by atoms with Gasteiger partial charge in [-0.15, -0.1) is 0 Å². The zero-order chi connectivity index (χ0) is 50.1. The van der Waals surface area contributed by atoms with Gasteiger partial charge in [0, 0.05) is 57.7 Å². The van der Waals surface area contributed by atoms with Crippen LogP contribution in [0.25, 0.3) is 44.6 Å². The van der Waals surface area contributed by atoms with Crippen LogP contribution in [0.4, 0.5) is 25.0 Å². The van der Waals surface area contributed by atoms with Crippen molar-refractivity contribution in [1.29, 1.82) is 0 Å². The van der Waals surface area contributed by atoms with E-state index < -0.39 is 23.3 Å². The number of aryl methyl sites for hydroxylation is 2. The highest BCUT2D eigenvalue weighted by atomic mass is 35.5. The average molecular weight is 1000 g/mol. The smallest absolute Gasteiger partial charge is 0.410 e. The summed E-state index contributed by atoms with van der Waals surface area (Å²) in [6, 6.07) is 11.5. The van der Waals surface area contributed by atoms with Crippen LogP contribution < -0.4 is 35.1 Å². The highest BCUT2D eigenvalue weighted by molar-refractivity contribution is 6.34. The third-order valence-corrected chi connectivity index (χ3v) is 13.7. The van der Waals surface area contributed by atoms with Gasteiger partial charge in [-0.1, -0.05) is 42.3 Å². The van der Waals surface area contributed by atoms with Gasteiger partial charge < -0.3 is 43.5 Å². The molecular formula is C50H53Cl2F2N7O9. The maximum atomic E-state index is 15.1. The maximum absolute atomic E-state index is 15.1. The fourth-order valence-corrected chi connectivity index (χ4v) is 10.2. The van der Waals surface area contributed by atoms with Crippen LogP contribution in [-0.2, 0) is 23.6 Å². The minimum absolute atomic E-state index is 0.0605. The number of rotatable bonds is 5. The number of carbonyl (C=O) groups is 1. The van der Waals surface area contributed by atoms with Gasteiger partial charge in [-0.3, -0.25) is 18.7 Å². The third kappa shape index (κ3) is 8.67. The molecule has 2 aromatic carbocycles. The molecule has 4 aliphatic heterocycles. The van der Waals surface area contributed by atoms with Gasteiger partial charge in [-0.05, 0) is 82.9 Å². The number of phenolic OH excluding ortho intramolecular Hbond substituents is 1. The van der Waals surface area contributed by atoms with Gasteiger partial charge >= 0.3 is 6.09 Å². The van der Waals surface area contributed by atoms with Crippen molar-refractivity contribution in [1.82, 2.24) is 24.0 Å². The summed E-state index contributed by atoms with van der Waals surface area (Å²) >= 11 is 13.3. The molecule has 20 heteroatoms. The van der Waals surface area contributed by atoms with Crippen molar-refractivity contribution >= 4 is 62.7 Å². The highest BCUT2D eigenvalue weighted by Gasteiger charge is 2.42. The summed E-state index contributed by atoms with van der Waals surface area (Å²) in [5, 5.41) is 11.8.